The van der Waals surface area contributed by atoms with Crippen molar-refractivity contribution in [2.45, 2.75) is 26.2 Å². The predicted molar refractivity (Wildman–Crippen MR) is 101 cm³/mol. The Kier molecular flexibility index (Phi) is 3.16. The number of aromatic amines is 1. The molecule has 0 spiro atoms. The summed E-state index contributed by atoms with van der Waals surface area (Å²) in [6, 6.07) is 10.6. The predicted octanol–water partition coefficient (Wildman–Crippen LogP) is 6.50. The molecule has 23 heavy (non-hydrogen) atoms. The van der Waals surface area contributed by atoms with Crippen LogP contribution in [0.25, 0.3) is 31.2 Å². The molecule has 4 heteroatoms. The minimum absolute atomic E-state index is 0.0708. The summed E-state index contributed by atoms with van der Waals surface area (Å²) in [7, 11) is 1.70. The smallest absolute Gasteiger partial charge is 0.120 e. The van der Waals surface area contributed by atoms with Crippen LogP contribution >= 0.6 is 22.9 Å². The largest absolute Gasteiger partial charge is 0.497 e. The number of benzene rings is 2. The van der Waals surface area contributed by atoms with Gasteiger partial charge in [-0.2, -0.15) is 0 Å². The molecular formula is C19H18ClNOS. The fourth-order valence-electron chi connectivity index (χ4n) is 2.99. The zero-order chi connectivity index (χ0) is 16.4. The molecule has 118 valence electrons. The van der Waals surface area contributed by atoms with Crippen molar-refractivity contribution in [2.75, 3.05) is 7.11 Å². The minimum Gasteiger partial charge on any atom is -0.497 e. The van der Waals surface area contributed by atoms with Crippen LogP contribution in [-0.2, 0) is 5.41 Å². The number of hydrogen-bond donors (Lipinski definition) is 1. The van der Waals surface area contributed by atoms with Crippen molar-refractivity contribution in [3.05, 3.63) is 40.9 Å². The van der Waals surface area contributed by atoms with Gasteiger partial charge < -0.3 is 9.72 Å². The Hall–Kier alpha value is -1.71. The fourth-order valence-corrected chi connectivity index (χ4v) is 4.46. The van der Waals surface area contributed by atoms with Crippen LogP contribution in [0.4, 0.5) is 0 Å². The van der Waals surface area contributed by atoms with Gasteiger partial charge in [0.05, 0.1) is 27.9 Å². The van der Waals surface area contributed by atoms with E-state index < -0.39 is 0 Å². The van der Waals surface area contributed by atoms with E-state index >= 15 is 0 Å². The van der Waals surface area contributed by atoms with E-state index in [4.69, 9.17) is 16.3 Å². The molecular weight excluding hydrogens is 326 g/mol. The van der Waals surface area contributed by atoms with Crippen LogP contribution in [-0.4, -0.2) is 12.1 Å². The van der Waals surface area contributed by atoms with E-state index in [0.29, 0.717) is 0 Å². The van der Waals surface area contributed by atoms with Crippen LogP contribution in [0.1, 0.15) is 26.3 Å². The van der Waals surface area contributed by atoms with Crippen molar-refractivity contribution >= 4 is 54.1 Å². The summed E-state index contributed by atoms with van der Waals surface area (Å²) in [6.45, 7) is 6.64. The highest BCUT2D eigenvalue weighted by atomic mass is 35.5. The second kappa shape index (κ2) is 4.89. The summed E-state index contributed by atoms with van der Waals surface area (Å²) >= 11 is 8.33. The third-order valence-electron chi connectivity index (χ3n) is 4.35. The van der Waals surface area contributed by atoms with Crippen molar-refractivity contribution in [3.8, 4) is 5.75 Å². The molecule has 0 radical (unpaired) electrons. The first kappa shape index (κ1) is 14.9. The average molecular weight is 344 g/mol. The van der Waals surface area contributed by atoms with E-state index in [0.717, 1.165) is 21.8 Å². The number of methoxy groups -OCH3 is 1. The highest BCUT2D eigenvalue weighted by Gasteiger charge is 2.19. The van der Waals surface area contributed by atoms with Gasteiger partial charge >= 0.3 is 0 Å². The van der Waals surface area contributed by atoms with E-state index in [-0.39, 0.29) is 5.41 Å². The Balaban J connectivity index is 2.10. The molecule has 0 aliphatic rings. The topological polar surface area (TPSA) is 25.0 Å². The number of rotatable bonds is 1. The number of fused-ring (bicyclic) bond motifs is 5. The van der Waals surface area contributed by atoms with Crippen molar-refractivity contribution in [1.29, 1.82) is 0 Å². The third-order valence-corrected chi connectivity index (χ3v) is 5.83. The van der Waals surface area contributed by atoms with Crippen molar-refractivity contribution < 1.29 is 4.74 Å². The summed E-state index contributed by atoms with van der Waals surface area (Å²) < 4.78 is 7.83. The fraction of sp³-hybridized carbons (Fsp3) is 0.263. The Bertz CT molecular complexity index is 1050. The van der Waals surface area contributed by atoms with Crippen molar-refractivity contribution in [3.63, 3.8) is 0 Å². The third kappa shape index (κ3) is 2.22. The van der Waals surface area contributed by atoms with Gasteiger partial charge in [-0.25, -0.2) is 0 Å². The van der Waals surface area contributed by atoms with Crippen molar-refractivity contribution in [1.82, 2.24) is 4.98 Å². The second-order valence-electron chi connectivity index (χ2n) is 6.92. The summed E-state index contributed by atoms with van der Waals surface area (Å²) in [4.78, 5) is 3.52. The van der Waals surface area contributed by atoms with Crippen LogP contribution in [0.3, 0.4) is 0 Å². The second-order valence-corrected chi connectivity index (χ2v) is 8.38. The number of ether oxygens (including phenoxy) is 1. The number of halogens is 1. The molecule has 2 heterocycles. The molecule has 2 nitrogen and oxygen atoms in total. The summed E-state index contributed by atoms with van der Waals surface area (Å²) in [5, 5.41) is 3.21. The summed E-state index contributed by atoms with van der Waals surface area (Å²) in [5.74, 6) is 0.888. The molecule has 0 unspecified atom stereocenters. The lowest BCUT2D eigenvalue weighted by molar-refractivity contribution is 0.415. The van der Waals surface area contributed by atoms with Crippen LogP contribution in [0, 0.1) is 0 Å². The van der Waals surface area contributed by atoms with Gasteiger partial charge in [0.25, 0.3) is 0 Å². The molecule has 0 saturated carbocycles. The molecule has 0 fully saturated rings. The molecule has 1 N–H and O–H groups in total. The first-order chi connectivity index (χ1) is 10.9. The quantitative estimate of drug-likeness (QED) is 0.419. The SMILES string of the molecule is COc1ccc2c(c1)sc1c3cc(C(C)(C)C)cc(Cl)c3[nH]c21. The molecule has 0 saturated heterocycles. The first-order valence-electron chi connectivity index (χ1n) is 7.60. The molecule has 0 bridgehead atoms. The number of hydrogen-bond acceptors (Lipinski definition) is 2. The van der Waals surface area contributed by atoms with E-state index in [1.165, 1.54) is 25.7 Å². The minimum atomic E-state index is 0.0708. The lowest BCUT2D eigenvalue weighted by atomic mass is 9.86. The van der Waals surface area contributed by atoms with E-state index in [2.05, 4.69) is 50.0 Å². The Morgan fingerprint density at radius 3 is 2.52 bits per heavy atom. The van der Waals surface area contributed by atoms with Gasteiger partial charge in [-0.3, -0.25) is 0 Å². The van der Waals surface area contributed by atoms with E-state index in [9.17, 15) is 0 Å². The lowest BCUT2D eigenvalue weighted by Gasteiger charge is -2.19. The van der Waals surface area contributed by atoms with Crippen LogP contribution in [0.15, 0.2) is 30.3 Å². The monoisotopic (exact) mass is 343 g/mol. The number of thiophene rings is 1. The molecule has 2 aromatic heterocycles. The molecule has 0 aliphatic heterocycles. The van der Waals surface area contributed by atoms with E-state index in [1.54, 1.807) is 18.4 Å². The number of nitrogens with one attached hydrogen (secondary N) is 1. The molecule has 0 amide bonds. The van der Waals surface area contributed by atoms with Gasteiger partial charge in [0, 0.05) is 15.5 Å². The Morgan fingerprint density at radius 2 is 1.83 bits per heavy atom. The van der Waals surface area contributed by atoms with Crippen LogP contribution in [0.5, 0.6) is 5.75 Å². The summed E-state index contributed by atoms with van der Waals surface area (Å²) in [5.41, 5.74) is 3.52. The lowest BCUT2D eigenvalue weighted by Crippen LogP contribution is -2.10. The molecule has 0 aliphatic carbocycles. The highest BCUT2D eigenvalue weighted by Crippen LogP contribution is 2.42. The number of H-pyrrole nitrogens is 1. The maximum absolute atomic E-state index is 6.55. The van der Waals surface area contributed by atoms with Gasteiger partial charge in [0.1, 0.15) is 5.75 Å². The van der Waals surface area contributed by atoms with E-state index in [1.807, 2.05) is 6.07 Å². The zero-order valence-corrected chi connectivity index (χ0v) is 15.2. The average Bonchev–Trinajstić information content (AvgIpc) is 3.02. The van der Waals surface area contributed by atoms with Gasteiger partial charge in [0.2, 0.25) is 0 Å². The van der Waals surface area contributed by atoms with Gasteiger partial charge in [-0.05, 0) is 41.3 Å². The molecule has 2 aromatic carbocycles. The van der Waals surface area contributed by atoms with Gasteiger partial charge in [-0.15, -0.1) is 11.3 Å². The summed E-state index contributed by atoms with van der Waals surface area (Å²) in [6.07, 6.45) is 0. The van der Waals surface area contributed by atoms with Crippen LogP contribution < -0.4 is 4.74 Å². The number of aromatic nitrogens is 1. The molecule has 0 atom stereocenters. The molecule has 4 rings (SSSR count). The van der Waals surface area contributed by atoms with Gasteiger partial charge in [0.15, 0.2) is 0 Å². The Morgan fingerprint density at radius 1 is 1.04 bits per heavy atom. The van der Waals surface area contributed by atoms with Crippen LogP contribution in [0.2, 0.25) is 5.02 Å². The van der Waals surface area contributed by atoms with Gasteiger partial charge in [-0.1, -0.05) is 32.4 Å². The first-order valence-corrected chi connectivity index (χ1v) is 8.80. The standard InChI is InChI=1S/C19H18ClNOS/c1-19(2,3)10-7-13-16(14(20)8-10)21-17-12-6-5-11(22-4)9-15(12)23-18(13)17/h5-9,21H,1-4H3. The normalized spacial score (nSPS) is 12.6. The molecule has 4 aromatic rings. The van der Waals surface area contributed by atoms with Crippen molar-refractivity contribution in [2.24, 2.45) is 0 Å². The zero-order valence-electron chi connectivity index (χ0n) is 13.6. The Labute approximate surface area is 144 Å². The highest BCUT2D eigenvalue weighted by molar-refractivity contribution is 7.26. The maximum Gasteiger partial charge on any atom is 0.120 e. The maximum atomic E-state index is 6.55.